The summed E-state index contributed by atoms with van der Waals surface area (Å²) in [6, 6.07) is 5.16. The zero-order chi connectivity index (χ0) is 20.3. The number of nitrogens with one attached hydrogen (secondary N) is 1. The molecule has 3 aromatic rings. The monoisotopic (exact) mass is 419 g/mol. The molecule has 2 heterocycles. The van der Waals surface area contributed by atoms with E-state index < -0.39 is 12.0 Å². The van der Waals surface area contributed by atoms with Crippen LogP contribution in [0, 0.1) is 6.92 Å². The average Bonchev–Trinajstić information content (AvgIpc) is 3.05. The molecule has 1 N–H and O–H groups in total. The van der Waals surface area contributed by atoms with Crippen molar-refractivity contribution in [3.63, 3.8) is 0 Å². The third kappa shape index (κ3) is 3.98. The van der Waals surface area contributed by atoms with E-state index in [0.29, 0.717) is 12.0 Å². The molecule has 0 saturated heterocycles. The fourth-order valence-corrected chi connectivity index (χ4v) is 3.33. The fourth-order valence-electron chi connectivity index (χ4n) is 2.80. The largest absolute Gasteiger partial charge is 0.449 e. The van der Waals surface area contributed by atoms with Crippen LogP contribution in [0.2, 0.25) is 10.0 Å². The highest BCUT2D eigenvalue weighted by molar-refractivity contribution is 6.41. The Bertz CT molecular complexity index is 1010. The van der Waals surface area contributed by atoms with Crippen LogP contribution in [0.1, 0.15) is 35.7 Å². The highest BCUT2D eigenvalue weighted by Gasteiger charge is 2.30. The minimum Gasteiger partial charge on any atom is -0.449 e. The van der Waals surface area contributed by atoms with Crippen molar-refractivity contribution in [2.24, 2.45) is 0 Å². The molecule has 0 saturated carbocycles. The molecule has 2 aromatic heterocycles. The van der Waals surface area contributed by atoms with Crippen molar-refractivity contribution < 1.29 is 14.3 Å². The summed E-state index contributed by atoms with van der Waals surface area (Å²) in [7, 11) is 0. The first kappa shape index (κ1) is 20.2. The quantitative estimate of drug-likeness (QED) is 0.533. The van der Waals surface area contributed by atoms with Crippen LogP contribution in [0.15, 0.2) is 36.8 Å². The molecule has 28 heavy (non-hydrogen) atoms. The number of H-pyrrole nitrogens is 1. The molecule has 146 valence electrons. The third-order valence-corrected chi connectivity index (χ3v) is 4.85. The molecule has 2 amide bonds. The maximum Gasteiger partial charge on any atom is 0.421 e. The summed E-state index contributed by atoms with van der Waals surface area (Å²) in [4.78, 5) is 33.8. The zero-order valence-corrected chi connectivity index (χ0v) is 17.0. The van der Waals surface area contributed by atoms with E-state index in [0.717, 1.165) is 27.8 Å². The van der Waals surface area contributed by atoms with Gasteiger partial charge in [0.25, 0.3) is 5.91 Å². The number of aromatic nitrogens is 2. The first-order chi connectivity index (χ1) is 13.4. The van der Waals surface area contributed by atoms with E-state index in [1.807, 2.05) is 26.1 Å². The fraction of sp³-hybridized carbons (Fsp3) is 0.250. The molecule has 0 unspecified atom stereocenters. The van der Waals surface area contributed by atoms with Crippen molar-refractivity contribution in [2.45, 2.75) is 26.7 Å². The lowest BCUT2D eigenvalue weighted by Gasteiger charge is -2.22. The number of halogens is 2. The molecule has 0 aliphatic rings. The van der Waals surface area contributed by atoms with E-state index >= 15 is 0 Å². The highest BCUT2D eigenvalue weighted by atomic mass is 35.5. The minimum absolute atomic E-state index is 0.0487. The van der Waals surface area contributed by atoms with Crippen LogP contribution in [-0.4, -0.2) is 28.6 Å². The van der Waals surface area contributed by atoms with Gasteiger partial charge in [-0.1, -0.05) is 42.6 Å². The van der Waals surface area contributed by atoms with E-state index in [1.54, 1.807) is 12.1 Å². The molecule has 0 atom stereocenters. The van der Waals surface area contributed by atoms with E-state index in [-0.39, 0.29) is 22.3 Å². The van der Waals surface area contributed by atoms with Crippen molar-refractivity contribution in [3.05, 3.63) is 58.0 Å². The number of pyridine rings is 1. The number of imide groups is 1. The molecule has 0 aliphatic heterocycles. The Morgan fingerprint density at radius 3 is 2.61 bits per heavy atom. The number of amides is 2. The van der Waals surface area contributed by atoms with Gasteiger partial charge in [0.15, 0.2) is 0 Å². The van der Waals surface area contributed by atoms with Gasteiger partial charge in [-0.2, -0.15) is 0 Å². The maximum atomic E-state index is 13.2. The average molecular weight is 420 g/mol. The van der Waals surface area contributed by atoms with Crippen LogP contribution < -0.4 is 4.90 Å². The molecule has 0 fully saturated rings. The number of benzene rings is 1. The normalized spacial score (nSPS) is 10.9. The van der Waals surface area contributed by atoms with Gasteiger partial charge in [-0.3, -0.25) is 9.78 Å². The standard InChI is InChI=1S/C20H19Cl2N3O3/c1-3-4-7-28-20(27)25(18-15(21)10-23-11-16(18)22)19(26)13-5-6-14-12(2)9-24-17(14)8-13/h5-6,8-11,24H,3-4,7H2,1-2H3. The molecule has 8 heteroatoms. The van der Waals surface area contributed by atoms with Crippen molar-refractivity contribution in [2.75, 3.05) is 11.5 Å². The van der Waals surface area contributed by atoms with Crippen LogP contribution in [0.3, 0.4) is 0 Å². The van der Waals surface area contributed by atoms with Crippen LogP contribution >= 0.6 is 23.2 Å². The van der Waals surface area contributed by atoms with Gasteiger partial charge < -0.3 is 9.72 Å². The molecule has 6 nitrogen and oxygen atoms in total. The molecule has 1 aromatic carbocycles. The van der Waals surface area contributed by atoms with Gasteiger partial charge in [0.2, 0.25) is 0 Å². The lowest BCUT2D eigenvalue weighted by Crippen LogP contribution is -2.38. The van der Waals surface area contributed by atoms with Crippen molar-refractivity contribution in [3.8, 4) is 0 Å². The predicted octanol–water partition coefficient (Wildman–Crippen LogP) is 5.76. The zero-order valence-electron chi connectivity index (χ0n) is 15.5. The van der Waals surface area contributed by atoms with Crippen LogP contribution in [0.5, 0.6) is 0 Å². The van der Waals surface area contributed by atoms with E-state index in [1.165, 1.54) is 12.4 Å². The van der Waals surface area contributed by atoms with Crippen LogP contribution in [0.4, 0.5) is 10.5 Å². The maximum absolute atomic E-state index is 13.2. The number of aromatic amines is 1. The summed E-state index contributed by atoms with van der Waals surface area (Å²) < 4.78 is 5.26. The second-order valence-corrected chi connectivity index (χ2v) is 7.11. The van der Waals surface area contributed by atoms with E-state index in [9.17, 15) is 9.59 Å². The van der Waals surface area contributed by atoms with Crippen molar-refractivity contribution in [1.29, 1.82) is 0 Å². The lowest BCUT2D eigenvalue weighted by atomic mass is 10.1. The van der Waals surface area contributed by atoms with Crippen molar-refractivity contribution >= 4 is 51.8 Å². The first-order valence-electron chi connectivity index (χ1n) is 8.82. The Hall–Kier alpha value is -2.57. The molecule has 0 bridgehead atoms. The highest BCUT2D eigenvalue weighted by Crippen LogP contribution is 2.34. The Labute approximate surface area is 172 Å². The molecular weight excluding hydrogens is 401 g/mol. The Balaban J connectivity index is 2.03. The number of nitrogens with zero attached hydrogens (tertiary/aromatic N) is 2. The number of hydrogen-bond acceptors (Lipinski definition) is 4. The number of ether oxygens (including phenoxy) is 1. The Morgan fingerprint density at radius 2 is 1.93 bits per heavy atom. The third-order valence-electron chi connectivity index (χ3n) is 4.30. The van der Waals surface area contributed by atoms with Gasteiger partial charge in [-0.05, 0) is 31.0 Å². The summed E-state index contributed by atoms with van der Waals surface area (Å²) in [6.45, 7) is 4.13. The molecule has 0 radical (unpaired) electrons. The predicted molar refractivity (Wildman–Crippen MR) is 110 cm³/mol. The van der Waals surface area contributed by atoms with Gasteiger partial charge in [0.1, 0.15) is 0 Å². The number of rotatable bonds is 5. The van der Waals surface area contributed by atoms with Gasteiger partial charge in [0, 0.05) is 35.1 Å². The SMILES string of the molecule is CCCCOC(=O)N(C(=O)c1ccc2c(C)c[nH]c2c1)c1c(Cl)cncc1Cl. The van der Waals surface area contributed by atoms with Crippen LogP contribution in [-0.2, 0) is 4.74 Å². The summed E-state index contributed by atoms with van der Waals surface area (Å²) in [5, 5.41) is 1.14. The molecule has 3 rings (SSSR count). The number of carbonyl (C=O) groups excluding carboxylic acids is 2. The second-order valence-electron chi connectivity index (χ2n) is 6.29. The molecule has 0 spiro atoms. The summed E-state index contributed by atoms with van der Waals surface area (Å²) in [5.74, 6) is -0.592. The number of fused-ring (bicyclic) bond motifs is 1. The van der Waals surface area contributed by atoms with Gasteiger partial charge in [-0.25, -0.2) is 9.69 Å². The summed E-state index contributed by atoms with van der Waals surface area (Å²) in [5.41, 5.74) is 2.19. The van der Waals surface area contributed by atoms with Crippen LogP contribution in [0.25, 0.3) is 10.9 Å². The number of carbonyl (C=O) groups is 2. The minimum atomic E-state index is -0.837. The molecule has 0 aliphatic carbocycles. The topological polar surface area (TPSA) is 75.3 Å². The summed E-state index contributed by atoms with van der Waals surface area (Å²) in [6.07, 6.45) is 5.18. The second kappa shape index (κ2) is 8.63. The number of anilines is 1. The van der Waals surface area contributed by atoms with Gasteiger partial charge >= 0.3 is 6.09 Å². The number of aryl methyl sites for hydroxylation is 1. The lowest BCUT2D eigenvalue weighted by molar-refractivity contribution is 0.0963. The van der Waals surface area contributed by atoms with Crippen molar-refractivity contribution in [1.82, 2.24) is 9.97 Å². The van der Waals surface area contributed by atoms with Gasteiger partial charge in [0.05, 0.1) is 22.3 Å². The van der Waals surface area contributed by atoms with Gasteiger partial charge in [-0.15, -0.1) is 0 Å². The Kier molecular flexibility index (Phi) is 6.21. The smallest absolute Gasteiger partial charge is 0.421 e. The van der Waals surface area contributed by atoms with E-state index in [4.69, 9.17) is 27.9 Å². The molecular formula is C20H19Cl2N3O3. The Morgan fingerprint density at radius 1 is 1.21 bits per heavy atom. The summed E-state index contributed by atoms with van der Waals surface area (Å²) >= 11 is 12.4. The number of unbranched alkanes of at least 4 members (excludes halogenated alkanes) is 1. The number of hydrogen-bond donors (Lipinski definition) is 1. The first-order valence-corrected chi connectivity index (χ1v) is 9.57. The van der Waals surface area contributed by atoms with E-state index in [2.05, 4.69) is 9.97 Å².